The summed E-state index contributed by atoms with van der Waals surface area (Å²) in [5.74, 6) is 0.514. The summed E-state index contributed by atoms with van der Waals surface area (Å²) in [6, 6.07) is 6.16. The van der Waals surface area contributed by atoms with Crippen LogP contribution >= 0.6 is 12.4 Å². The number of aryl methyl sites for hydroxylation is 1. The average Bonchev–Trinajstić information content (AvgIpc) is 2.99. The lowest BCUT2D eigenvalue weighted by Crippen LogP contribution is -2.45. The summed E-state index contributed by atoms with van der Waals surface area (Å²) in [6.07, 6.45) is 1.60. The fraction of sp³-hybridized carbons (Fsp3) is 0.375. The van der Waals surface area contributed by atoms with Gasteiger partial charge in [0.05, 0.1) is 12.3 Å². The number of phenols is 1. The Morgan fingerprint density at radius 1 is 1.32 bits per heavy atom. The van der Waals surface area contributed by atoms with Crippen molar-refractivity contribution in [1.29, 1.82) is 0 Å². The Morgan fingerprint density at radius 3 is 2.68 bits per heavy atom. The van der Waals surface area contributed by atoms with Crippen LogP contribution in [0.25, 0.3) is 0 Å². The molecule has 0 spiro atoms. The largest absolute Gasteiger partial charge is 0.507 e. The third-order valence-electron chi connectivity index (χ3n) is 3.92. The third-order valence-corrected chi connectivity index (χ3v) is 3.92. The second-order valence-electron chi connectivity index (χ2n) is 5.36. The van der Waals surface area contributed by atoms with Crippen molar-refractivity contribution in [3.8, 4) is 5.75 Å². The number of halogens is 2. The highest BCUT2D eigenvalue weighted by molar-refractivity contribution is 5.85. The van der Waals surface area contributed by atoms with E-state index in [1.807, 2.05) is 12.1 Å². The molecule has 2 aromatic rings. The van der Waals surface area contributed by atoms with Crippen molar-refractivity contribution in [1.82, 2.24) is 10.2 Å². The molecule has 1 aliphatic rings. The van der Waals surface area contributed by atoms with Crippen LogP contribution < -0.4 is 5.32 Å². The highest BCUT2D eigenvalue weighted by Gasteiger charge is 2.29. The molecule has 0 unspecified atom stereocenters. The molecule has 1 aliphatic heterocycles. The summed E-state index contributed by atoms with van der Waals surface area (Å²) in [4.78, 5) is 2.20. The molecule has 0 aliphatic carbocycles. The van der Waals surface area contributed by atoms with Crippen molar-refractivity contribution in [3.63, 3.8) is 0 Å². The van der Waals surface area contributed by atoms with Gasteiger partial charge < -0.3 is 14.8 Å². The summed E-state index contributed by atoms with van der Waals surface area (Å²) in [6.45, 7) is 5.08. The highest BCUT2D eigenvalue weighted by atomic mass is 35.5. The maximum atomic E-state index is 13.8. The number of hydrogen-bond donors (Lipinski definition) is 2. The second-order valence-corrected chi connectivity index (χ2v) is 5.36. The zero-order valence-electron chi connectivity index (χ0n) is 12.4. The van der Waals surface area contributed by atoms with Gasteiger partial charge in [-0.05, 0) is 36.8 Å². The molecule has 2 N–H and O–H groups in total. The number of benzene rings is 1. The van der Waals surface area contributed by atoms with Crippen LogP contribution in [0.2, 0.25) is 0 Å². The molecular formula is C16H20ClFN2O2. The first-order chi connectivity index (χ1) is 10.2. The Hall–Kier alpha value is -1.56. The summed E-state index contributed by atoms with van der Waals surface area (Å²) in [5.41, 5.74) is 1.10. The number of hydrogen-bond acceptors (Lipinski definition) is 4. The summed E-state index contributed by atoms with van der Waals surface area (Å²) in [7, 11) is 0. The van der Waals surface area contributed by atoms with Crippen molar-refractivity contribution in [2.45, 2.75) is 13.0 Å². The van der Waals surface area contributed by atoms with E-state index in [1.165, 1.54) is 12.1 Å². The Kier molecular flexibility index (Phi) is 5.45. The Labute approximate surface area is 135 Å². The van der Waals surface area contributed by atoms with E-state index in [2.05, 4.69) is 10.2 Å². The first-order valence-corrected chi connectivity index (χ1v) is 7.14. The van der Waals surface area contributed by atoms with Crippen molar-refractivity contribution in [3.05, 3.63) is 53.2 Å². The number of phenolic OH excluding ortho intramolecular Hbond substituents is 1. The minimum Gasteiger partial charge on any atom is -0.507 e. The fourth-order valence-electron chi connectivity index (χ4n) is 2.89. The number of aromatic hydroxyl groups is 1. The topological polar surface area (TPSA) is 48.6 Å². The molecule has 0 saturated carbocycles. The standard InChI is InChI=1S/C16H19FN2O2.ClH/c1-11-9-12(17)10-13(16(11)20)15(14-3-2-8-21-14)19-6-4-18-5-7-19;/h2-3,8-10,15,18,20H,4-7H2,1H3;1H/t15-;/m0./s1. The van der Waals surface area contributed by atoms with Crippen molar-refractivity contribution >= 4 is 12.4 Å². The molecule has 3 rings (SSSR count). The van der Waals surface area contributed by atoms with Crippen LogP contribution in [-0.4, -0.2) is 36.2 Å². The third kappa shape index (κ3) is 3.27. The molecule has 1 atom stereocenters. The van der Waals surface area contributed by atoms with Gasteiger partial charge in [-0.25, -0.2) is 4.39 Å². The van der Waals surface area contributed by atoms with Crippen LogP contribution in [0.3, 0.4) is 0 Å². The maximum Gasteiger partial charge on any atom is 0.125 e. The van der Waals surface area contributed by atoms with Gasteiger partial charge in [-0.1, -0.05) is 0 Å². The minimum atomic E-state index is -0.341. The number of piperazine rings is 1. The smallest absolute Gasteiger partial charge is 0.125 e. The summed E-state index contributed by atoms with van der Waals surface area (Å²) >= 11 is 0. The molecule has 0 amide bonds. The van der Waals surface area contributed by atoms with Crippen molar-refractivity contribution in [2.75, 3.05) is 26.2 Å². The molecule has 1 fully saturated rings. The normalized spacial score (nSPS) is 17.0. The first kappa shape index (κ1) is 16.8. The number of rotatable bonds is 3. The molecule has 0 bridgehead atoms. The van der Waals surface area contributed by atoms with Crippen LogP contribution in [0.15, 0.2) is 34.9 Å². The van der Waals surface area contributed by atoms with Crippen LogP contribution in [0, 0.1) is 12.7 Å². The lowest BCUT2D eigenvalue weighted by Gasteiger charge is -2.34. The molecular weight excluding hydrogens is 307 g/mol. The SMILES string of the molecule is Cc1cc(F)cc([C@@H](c2ccco2)N2CCNCC2)c1O.Cl. The van der Waals surface area contributed by atoms with E-state index < -0.39 is 0 Å². The first-order valence-electron chi connectivity index (χ1n) is 7.14. The summed E-state index contributed by atoms with van der Waals surface area (Å²) < 4.78 is 19.3. The average molecular weight is 327 g/mol. The molecule has 0 radical (unpaired) electrons. The van der Waals surface area contributed by atoms with Crippen molar-refractivity contribution < 1.29 is 13.9 Å². The van der Waals surface area contributed by atoms with E-state index in [4.69, 9.17) is 4.42 Å². The zero-order valence-corrected chi connectivity index (χ0v) is 13.2. The van der Waals surface area contributed by atoms with E-state index in [9.17, 15) is 9.50 Å². The quantitative estimate of drug-likeness (QED) is 0.910. The van der Waals surface area contributed by atoms with Gasteiger partial charge in [-0.2, -0.15) is 0 Å². The molecule has 4 nitrogen and oxygen atoms in total. The van der Waals surface area contributed by atoms with Gasteiger partial charge in [0.15, 0.2) is 0 Å². The van der Waals surface area contributed by atoms with Crippen LogP contribution in [-0.2, 0) is 0 Å². The fourth-order valence-corrected chi connectivity index (χ4v) is 2.89. The molecule has 6 heteroatoms. The lowest BCUT2D eigenvalue weighted by molar-refractivity contribution is 0.177. The van der Waals surface area contributed by atoms with E-state index in [1.54, 1.807) is 13.2 Å². The van der Waals surface area contributed by atoms with E-state index in [-0.39, 0.29) is 30.0 Å². The number of nitrogens with zero attached hydrogens (tertiary/aromatic N) is 1. The van der Waals surface area contributed by atoms with Crippen LogP contribution in [0.1, 0.15) is 22.9 Å². The van der Waals surface area contributed by atoms with Crippen molar-refractivity contribution in [2.24, 2.45) is 0 Å². The predicted molar refractivity (Wildman–Crippen MR) is 85.0 cm³/mol. The molecule has 2 heterocycles. The van der Waals surface area contributed by atoms with Gasteiger partial charge in [-0.3, -0.25) is 4.90 Å². The lowest BCUT2D eigenvalue weighted by atomic mass is 9.98. The van der Waals surface area contributed by atoms with Gasteiger partial charge >= 0.3 is 0 Å². The molecule has 1 saturated heterocycles. The van der Waals surface area contributed by atoms with E-state index in [0.717, 1.165) is 31.9 Å². The highest BCUT2D eigenvalue weighted by Crippen LogP contribution is 2.36. The van der Waals surface area contributed by atoms with E-state index in [0.29, 0.717) is 11.1 Å². The zero-order chi connectivity index (χ0) is 14.8. The van der Waals surface area contributed by atoms with Crippen LogP contribution in [0.5, 0.6) is 5.75 Å². The molecule has 1 aromatic heterocycles. The Bertz CT molecular complexity index is 613. The Morgan fingerprint density at radius 2 is 2.05 bits per heavy atom. The maximum absolute atomic E-state index is 13.8. The predicted octanol–water partition coefficient (Wildman–Crippen LogP) is 2.85. The second kappa shape index (κ2) is 7.13. The van der Waals surface area contributed by atoms with Crippen LogP contribution in [0.4, 0.5) is 4.39 Å². The van der Waals surface area contributed by atoms with Gasteiger partial charge in [-0.15, -0.1) is 12.4 Å². The van der Waals surface area contributed by atoms with Gasteiger partial charge in [0.1, 0.15) is 17.3 Å². The summed E-state index contributed by atoms with van der Waals surface area (Å²) in [5, 5.41) is 13.7. The molecule has 1 aromatic carbocycles. The van der Waals surface area contributed by atoms with Gasteiger partial charge in [0.2, 0.25) is 0 Å². The number of nitrogens with one attached hydrogen (secondary N) is 1. The Balaban J connectivity index is 0.00000176. The van der Waals surface area contributed by atoms with E-state index >= 15 is 0 Å². The molecule has 22 heavy (non-hydrogen) atoms. The van der Waals surface area contributed by atoms with Gasteiger partial charge in [0, 0.05) is 31.7 Å². The number of furan rings is 1. The monoisotopic (exact) mass is 326 g/mol. The minimum absolute atomic E-state index is 0. The van der Waals surface area contributed by atoms with Gasteiger partial charge in [0.25, 0.3) is 0 Å². The molecule has 120 valence electrons.